The van der Waals surface area contributed by atoms with Gasteiger partial charge in [-0.25, -0.2) is 0 Å². The molecule has 4 rings (SSSR count). The smallest absolute Gasteiger partial charge is 0.164 e. The van der Waals surface area contributed by atoms with Crippen LogP contribution in [0.4, 0.5) is 0 Å². The molecule has 0 spiro atoms. The molecule has 6 unspecified atom stereocenters. The average molecular weight is 441 g/mol. The Morgan fingerprint density at radius 1 is 0.935 bits per heavy atom. The molecule has 0 aromatic heterocycles. The molecule has 0 saturated carbocycles. The zero-order valence-electron chi connectivity index (χ0n) is 19.5. The fraction of sp³-hybridized carbons (Fsp3) is 0.864. The molecule has 0 aliphatic carbocycles. The molecule has 3 saturated heterocycles. The van der Waals surface area contributed by atoms with Crippen molar-refractivity contribution in [1.29, 1.82) is 0 Å². The number of aliphatic imine (C=N–C) groups is 1. The van der Waals surface area contributed by atoms with Gasteiger partial charge < -0.3 is 38.4 Å². The maximum absolute atomic E-state index is 10.3. The summed E-state index contributed by atoms with van der Waals surface area (Å²) >= 11 is 0. The van der Waals surface area contributed by atoms with Crippen LogP contribution in [0.15, 0.2) is 16.9 Å². The Morgan fingerprint density at radius 3 is 2.23 bits per heavy atom. The summed E-state index contributed by atoms with van der Waals surface area (Å²) in [6, 6.07) is -0.125. The summed E-state index contributed by atoms with van der Waals surface area (Å²) in [4.78, 5) is 6.75. The third-order valence-electron chi connectivity index (χ3n) is 5.99. The Bertz CT molecular complexity index is 735. The van der Waals surface area contributed by atoms with Crippen molar-refractivity contribution in [2.45, 2.75) is 102 Å². The molecule has 1 N–H and O–H groups in total. The first-order chi connectivity index (χ1) is 14.3. The van der Waals surface area contributed by atoms with E-state index in [1.165, 1.54) is 0 Å². The summed E-state index contributed by atoms with van der Waals surface area (Å²) in [6.07, 6.45) is 2.52. The molecule has 9 nitrogen and oxygen atoms in total. The molecule has 31 heavy (non-hydrogen) atoms. The van der Waals surface area contributed by atoms with Gasteiger partial charge in [-0.3, -0.25) is 4.99 Å². The van der Waals surface area contributed by atoms with Gasteiger partial charge in [0.2, 0.25) is 0 Å². The normalized spacial score (nSPS) is 41.4. The first-order valence-corrected chi connectivity index (χ1v) is 11.0. The van der Waals surface area contributed by atoms with Gasteiger partial charge in [0.1, 0.15) is 24.4 Å². The van der Waals surface area contributed by atoms with Crippen LogP contribution in [0.1, 0.15) is 48.0 Å². The maximum atomic E-state index is 10.3. The predicted octanol–water partition coefficient (Wildman–Crippen LogP) is 1.79. The van der Waals surface area contributed by atoms with E-state index in [0.717, 1.165) is 5.70 Å². The second-order valence-corrected chi connectivity index (χ2v) is 10.1. The third-order valence-corrected chi connectivity index (χ3v) is 5.99. The Balaban J connectivity index is 1.45. The van der Waals surface area contributed by atoms with Gasteiger partial charge in [-0.15, -0.1) is 0 Å². The largest absolute Gasteiger partial charge is 0.388 e. The minimum absolute atomic E-state index is 0.125. The Hall–Kier alpha value is -1.07. The van der Waals surface area contributed by atoms with Crippen molar-refractivity contribution in [1.82, 2.24) is 4.90 Å². The van der Waals surface area contributed by atoms with Crippen LogP contribution < -0.4 is 0 Å². The number of hydrogen-bond acceptors (Lipinski definition) is 9. The van der Waals surface area contributed by atoms with Gasteiger partial charge in [0, 0.05) is 25.9 Å². The fourth-order valence-corrected chi connectivity index (χ4v) is 4.55. The second kappa shape index (κ2) is 8.06. The van der Waals surface area contributed by atoms with Gasteiger partial charge in [-0.2, -0.15) is 0 Å². The summed E-state index contributed by atoms with van der Waals surface area (Å²) in [7, 11) is 1.99. The van der Waals surface area contributed by atoms with Gasteiger partial charge in [0.15, 0.2) is 17.4 Å². The lowest BCUT2D eigenvalue weighted by Gasteiger charge is -2.40. The van der Waals surface area contributed by atoms with E-state index in [-0.39, 0.29) is 37.1 Å². The standard InChI is InChI=1S/C22H36N2O7/c1-20(2)26-11-15(25)16(28-20)8-13-10-24(7)14(9-23-13)18-19(31-22(5,6)30-18)17-12-27-21(3,4)29-17/h9-10,14-19,25H,8,11-12H2,1-7H3. The van der Waals surface area contributed by atoms with Gasteiger partial charge >= 0.3 is 0 Å². The molecular formula is C22H36N2O7. The van der Waals surface area contributed by atoms with Crippen molar-refractivity contribution in [2.24, 2.45) is 4.99 Å². The first-order valence-electron chi connectivity index (χ1n) is 11.0. The summed E-state index contributed by atoms with van der Waals surface area (Å²) in [5.74, 6) is -2.08. The second-order valence-electron chi connectivity index (χ2n) is 10.1. The summed E-state index contributed by atoms with van der Waals surface area (Å²) in [5, 5.41) is 10.3. The van der Waals surface area contributed by atoms with Crippen LogP contribution in [0.25, 0.3) is 0 Å². The lowest BCUT2D eigenvalue weighted by molar-refractivity contribution is -0.303. The summed E-state index contributed by atoms with van der Waals surface area (Å²) in [6.45, 7) is 12.0. The molecule has 3 fully saturated rings. The minimum Gasteiger partial charge on any atom is -0.388 e. The highest BCUT2D eigenvalue weighted by molar-refractivity contribution is 5.68. The molecule has 0 aromatic rings. The molecule has 4 aliphatic heterocycles. The van der Waals surface area contributed by atoms with Gasteiger partial charge in [0.05, 0.1) is 31.1 Å². The highest BCUT2D eigenvalue weighted by Crippen LogP contribution is 2.38. The zero-order valence-corrected chi connectivity index (χ0v) is 19.5. The number of likely N-dealkylation sites (N-methyl/N-ethyl adjacent to an activating group) is 1. The SMILES string of the molecule is CN1C=C(CC2OC(C)(C)OCC2O)N=CC1C1OC(C)(C)OC1C1COC(C)(C)O1. The van der Waals surface area contributed by atoms with E-state index in [0.29, 0.717) is 13.0 Å². The molecule has 0 radical (unpaired) electrons. The number of nitrogens with zero attached hydrogens (tertiary/aromatic N) is 2. The molecule has 4 heterocycles. The van der Waals surface area contributed by atoms with Crippen LogP contribution >= 0.6 is 0 Å². The molecule has 176 valence electrons. The van der Waals surface area contributed by atoms with Crippen molar-refractivity contribution in [3.8, 4) is 0 Å². The highest BCUT2D eigenvalue weighted by atomic mass is 16.8. The van der Waals surface area contributed by atoms with Crippen LogP contribution in [0.3, 0.4) is 0 Å². The van der Waals surface area contributed by atoms with Crippen LogP contribution in [0.5, 0.6) is 0 Å². The van der Waals surface area contributed by atoms with Crippen LogP contribution in [-0.4, -0.2) is 90.4 Å². The lowest BCUT2D eigenvalue weighted by atomic mass is 9.99. The molecule has 4 aliphatic rings. The van der Waals surface area contributed by atoms with E-state index in [2.05, 4.69) is 9.89 Å². The predicted molar refractivity (Wildman–Crippen MR) is 112 cm³/mol. The van der Waals surface area contributed by atoms with Gasteiger partial charge in [-0.05, 0) is 41.5 Å². The number of hydrogen-bond donors (Lipinski definition) is 1. The van der Waals surface area contributed by atoms with Gasteiger partial charge in [-0.1, -0.05) is 0 Å². The van der Waals surface area contributed by atoms with Crippen molar-refractivity contribution >= 4 is 6.21 Å². The zero-order chi connectivity index (χ0) is 22.6. The average Bonchev–Trinajstić information content (AvgIpc) is 3.16. The Kier molecular flexibility index (Phi) is 6.00. The first kappa shape index (κ1) is 23.1. The maximum Gasteiger partial charge on any atom is 0.164 e. The van der Waals surface area contributed by atoms with Crippen molar-refractivity contribution in [3.05, 3.63) is 11.9 Å². The fourth-order valence-electron chi connectivity index (χ4n) is 4.55. The summed E-state index contributed by atoms with van der Waals surface area (Å²) in [5.41, 5.74) is 0.830. The molecule has 0 bridgehead atoms. The number of aliphatic hydroxyl groups excluding tert-OH is 1. The van der Waals surface area contributed by atoms with Crippen molar-refractivity contribution < 1.29 is 33.5 Å². The van der Waals surface area contributed by atoms with Gasteiger partial charge in [0.25, 0.3) is 0 Å². The summed E-state index contributed by atoms with van der Waals surface area (Å²) < 4.78 is 35.7. The molecule has 0 amide bonds. The Labute approximate surface area is 184 Å². The third kappa shape index (κ3) is 5.13. The van der Waals surface area contributed by atoms with Crippen LogP contribution in [0, 0.1) is 0 Å². The van der Waals surface area contributed by atoms with E-state index in [1.807, 2.05) is 61.0 Å². The Morgan fingerprint density at radius 2 is 1.58 bits per heavy atom. The topological polar surface area (TPSA) is 91.2 Å². The van der Waals surface area contributed by atoms with E-state index >= 15 is 0 Å². The number of aliphatic hydroxyl groups is 1. The van der Waals surface area contributed by atoms with E-state index in [9.17, 15) is 5.11 Å². The van der Waals surface area contributed by atoms with Crippen molar-refractivity contribution in [3.63, 3.8) is 0 Å². The quantitative estimate of drug-likeness (QED) is 0.708. The minimum atomic E-state index is -0.726. The molecule has 9 heteroatoms. The molecular weight excluding hydrogens is 404 g/mol. The molecule has 6 atom stereocenters. The van der Waals surface area contributed by atoms with E-state index in [4.69, 9.17) is 28.4 Å². The van der Waals surface area contributed by atoms with E-state index < -0.39 is 23.5 Å². The number of ether oxygens (including phenoxy) is 6. The monoisotopic (exact) mass is 440 g/mol. The van der Waals surface area contributed by atoms with Crippen LogP contribution in [-0.2, 0) is 28.4 Å². The number of rotatable bonds is 4. The van der Waals surface area contributed by atoms with Crippen molar-refractivity contribution in [2.75, 3.05) is 20.3 Å². The van der Waals surface area contributed by atoms with E-state index in [1.54, 1.807) is 0 Å². The highest BCUT2D eigenvalue weighted by Gasteiger charge is 2.52. The van der Waals surface area contributed by atoms with Crippen LogP contribution in [0.2, 0.25) is 0 Å². The molecule has 0 aromatic carbocycles. The lowest BCUT2D eigenvalue weighted by Crippen LogP contribution is -2.51.